The smallest absolute Gasteiger partial charge is 0.166 e. The number of nitrogens with zero attached hydrogens (tertiary/aromatic N) is 1. The molecule has 0 amide bonds. The molecule has 0 aliphatic carbocycles. The lowest BCUT2D eigenvalue weighted by Crippen LogP contribution is -2.24. The van der Waals surface area contributed by atoms with Gasteiger partial charge in [-0.25, -0.2) is 0 Å². The van der Waals surface area contributed by atoms with Crippen molar-refractivity contribution in [2.24, 2.45) is 0 Å². The van der Waals surface area contributed by atoms with Crippen LogP contribution in [0.15, 0.2) is 12.1 Å². The highest BCUT2D eigenvalue weighted by molar-refractivity contribution is 6.33. The second-order valence-electron chi connectivity index (χ2n) is 4.98. The number of nitrogen functional groups attached to an aromatic ring is 1. The lowest BCUT2D eigenvalue weighted by Gasteiger charge is -2.17. The SMILES string of the molecule is CCN(CC)CCCCC(=O)c1cc(Cl)c(N)cc1OC. The number of rotatable bonds is 9. The fourth-order valence-electron chi connectivity index (χ4n) is 2.25. The van der Waals surface area contributed by atoms with E-state index in [0.29, 0.717) is 28.4 Å². The lowest BCUT2D eigenvalue weighted by molar-refractivity contribution is 0.0975. The van der Waals surface area contributed by atoms with E-state index < -0.39 is 0 Å². The number of Topliss-reactive ketones (excluding diaryl/α,β-unsaturated/α-hetero) is 1. The zero-order valence-corrected chi connectivity index (χ0v) is 13.9. The molecule has 1 aromatic carbocycles. The van der Waals surface area contributed by atoms with Crippen LogP contribution in [0.5, 0.6) is 5.75 Å². The topological polar surface area (TPSA) is 55.6 Å². The molecule has 0 fully saturated rings. The molecule has 4 nitrogen and oxygen atoms in total. The summed E-state index contributed by atoms with van der Waals surface area (Å²) >= 11 is 5.99. The highest BCUT2D eigenvalue weighted by Crippen LogP contribution is 2.29. The average molecular weight is 313 g/mol. The number of halogens is 1. The molecule has 0 aromatic heterocycles. The normalized spacial score (nSPS) is 10.9. The Hall–Kier alpha value is -1.26. The first-order valence-corrected chi connectivity index (χ1v) is 7.79. The minimum Gasteiger partial charge on any atom is -0.496 e. The zero-order chi connectivity index (χ0) is 15.8. The molecule has 0 bridgehead atoms. The summed E-state index contributed by atoms with van der Waals surface area (Å²) in [6.07, 6.45) is 2.37. The van der Waals surface area contributed by atoms with Gasteiger partial charge in [0, 0.05) is 12.5 Å². The molecular formula is C16H25ClN2O2. The van der Waals surface area contributed by atoms with Crippen molar-refractivity contribution >= 4 is 23.1 Å². The van der Waals surface area contributed by atoms with Gasteiger partial charge in [0.15, 0.2) is 5.78 Å². The Balaban J connectivity index is 2.58. The van der Waals surface area contributed by atoms with Gasteiger partial charge in [0.1, 0.15) is 5.75 Å². The Morgan fingerprint density at radius 2 is 1.95 bits per heavy atom. The maximum Gasteiger partial charge on any atom is 0.166 e. The summed E-state index contributed by atoms with van der Waals surface area (Å²) in [6, 6.07) is 3.20. The number of hydrogen-bond acceptors (Lipinski definition) is 4. The maximum atomic E-state index is 12.3. The van der Waals surface area contributed by atoms with Crippen LogP contribution in [0.3, 0.4) is 0 Å². The summed E-state index contributed by atoms with van der Waals surface area (Å²) in [4.78, 5) is 14.6. The second-order valence-corrected chi connectivity index (χ2v) is 5.39. The van der Waals surface area contributed by atoms with Crippen LogP contribution < -0.4 is 10.5 Å². The number of methoxy groups -OCH3 is 1. The fraction of sp³-hybridized carbons (Fsp3) is 0.562. The number of ketones is 1. The van der Waals surface area contributed by atoms with Crippen LogP contribution in [0.2, 0.25) is 5.02 Å². The molecule has 0 radical (unpaired) electrons. The van der Waals surface area contributed by atoms with Crippen LogP contribution in [0.25, 0.3) is 0 Å². The van der Waals surface area contributed by atoms with Gasteiger partial charge in [0.2, 0.25) is 0 Å². The molecule has 21 heavy (non-hydrogen) atoms. The maximum absolute atomic E-state index is 12.3. The van der Waals surface area contributed by atoms with Gasteiger partial charge >= 0.3 is 0 Å². The third-order valence-corrected chi connectivity index (χ3v) is 3.97. The standard InChI is InChI=1S/C16H25ClN2O2/c1-4-19(5-2)9-7-6-8-15(20)12-10-13(17)14(18)11-16(12)21-3/h10-11H,4-9,18H2,1-3H3. The van der Waals surface area contributed by atoms with E-state index in [4.69, 9.17) is 22.1 Å². The van der Waals surface area contributed by atoms with E-state index in [1.807, 2.05) is 0 Å². The Morgan fingerprint density at radius 3 is 2.52 bits per heavy atom. The molecule has 0 unspecified atom stereocenters. The molecule has 0 heterocycles. The number of anilines is 1. The van der Waals surface area contributed by atoms with Gasteiger partial charge in [0.05, 0.1) is 23.4 Å². The summed E-state index contributed by atoms with van der Waals surface area (Å²) in [7, 11) is 1.53. The van der Waals surface area contributed by atoms with Gasteiger partial charge < -0.3 is 15.4 Å². The highest BCUT2D eigenvalue weighted by Gasteiger charge is 2.14. The molecule has 118 valence electrons. The summed E-state index contributed by atoms with van der Waals surface area (Å²) in [6.45, 7) is 7.42. The van der Waals surface area contributed by atoms with E-state index in [1.54, 1.807) is 12.1 Å². The van der Waals surface area contributed by atoms with Crippen LogP contribution in [-0.2, 0) is 0 Å². The second kappa shape index (κ2) is 8.90. The van der Waals surface area contributed by atoms with E-state index in [2.05, 4.69) is 18.7 Å². The zero-order valence-electron chi connectivity index (χ0n) is 13.1. The van der Waals surface area contributed by atoms with Crippen LogP contribution in [0.1, 0.15) is 43.5 Å². The fourth-order valence-corrected chi connectivity index (χ4v) is 2.42. The van der Waals surface area contributed by atoms with Crippen molar-refractivity contribution in [1.29, 1.82) is 0 Å². The number of carbonyl (C=O) groups excluding carboxylic acids is 1. The van der Waals surface area contributed by atoms with Crippen molar-refractivity contribution in [3.63, 3.8) is 0 Å². The van der Waals surface area contributed by atoms with Crippen molar-refractivity contribution < 1.29 is 9.53 Å². The summed E-state index contributed by atoms with van der Waals surface area (Å²) in [5.74, 6) is 0.541. The minimum atomic E-state index is 0.0493. The van der Waals surface area contributed by atoms with Crippen LogP contribution in [-0.4, -0.2) is 37.4 Å². The third kappa shape index (κ3) is 5.21. The largest absolute Gasteiger partial charge is 0.496 e. The van der Waals surface area contributed by atoms with Crippen molar-refractivity contribution in [2.45, 2.75) is 33.1 Å². The minimum absolute atomic E-state index is 0.0493. The van der Waals surface area contributed by atoms with Crippen LogP contribution in [0, 0.1) is 0 Å². The molecule has 5 heteroatoms. The number of unbranched alkanes of at least 4 members (excludes halogenated alkanes) is 1. The number of benzene rings is 1. The predicted octanol–water partition coefficient (Wildman–Crippen LogP) is 3.63. The molecule has 1 aromatic rings. The van der Waals surface area contributed by atoms with Crippen LogP contribution >= 0.6 is 11.6 Å². The predicted molar refractivity (Wildman–Crippen MR) is 88.4 cm³/mol. The molecule has 0 saturated carbocycles. The van der Waals surface area contributed by atoms with E-state index in [0.717, 1.165) is 32.5 Å². The average Bonchev–Trinajstić information content (AvgIpc) is 2.49. The molecule has 0 aliphatic rings. The van der Waals surface area contributed by atoms with E-state index in [-0.39, 0.29) is 5.78 Å². The Kier molecular flexibility index (Phi) is 7.54. The molecule has 0 saturated heterocycles. The summed E-state index contributed by atoms with van der Waals surface area (Å²) < 4.78 is 5.21. The monoisotopic (exact) mass is 312 g/mol. The van der Waals surface area contributed by atoms with Gasteiger partial charge in [-0.2, -0.15) is 0 Å². The van der Waals surface area contributed by atoms with Crippen LogP contribution in [0.4, 0.5) is 5.69 Å². The van der Waals surface area contributed by atoms with Gasteiger partial charge in [-0.3, -0.25) is 4.79 Å². The van der Waals surface area contributed by atoms with Crippen molar-refractivity contribution in [3.8, 4) is 5.75 Å². The Labute approximate surface area is 132 Å². The quantitative estimate of drug-likeness (QED) is 0.430. The van der Waals surface area contributed by atoms with E-state index >= 15 is 0 Å². The summed E-state index contributed by atoms with van der Waals surface area (Å²) in [5, 5.41) is 0.391. The number of ether oxygens (including phenoxy) is 1. The Morgan fingerprint density at radius 1 is 1.29 bits per heavy atom. The third-order valence-electron chi connectivity index (χ3n) is 3.64. The number of hydrogen-bond donors (Lipinski definition) is 1. The molecular weight excluding hydrogens is 288 g/mol. The lowest BCUT2D eigenvalue weighted by atomic mass is 10.0. The van der Waals surface area contributed by atoms with Gasteiger partial charge in [-0.15, -0.1) is 0 Å². The molecule has 0 spiro atoms. The first kappa shape index (κ1) is 17.8. The van der Waals surface area contributed by atoms with Gasteiger partial charge in [-0.05, 0) is 38.5 Å². The van der Waals surface area contributed by atoms with Crippen molar-refractivity contribution in [1.82, 2.24) is 4.90 Å². The molecule has 0 atom stereocenters. The van der Waals surface area contributed by atoms with Gasteiger partial charge in [0.25, 0.3) is 0 Å². The molecule has 2 N–H and O–H groups in total. The molecule has 1 rings (SSSR count). The van der Waals surface area contributed by atoms with Gasteiger partial charge in [-0.1, -0.05) is 25.4 Å². The first-order valence-electron chi connectivity index (χ1n) is 7.42. The molecule has 0 aliphatic heterocycles. The first-order chi connectivity index (χ1) is 10.0. The van der Waals surface area contributed by atoms with Crippen molar-refractivity contribution in [2.75, 3.05) is 32.5 Å². The van der Waals surface area contributed by atoms with Crippen molar-refractivity contribution in [3.05, 3.63) is 22.7 Å². The highest BCUT2D eigenvalue weighted by atomic mass is 35.5. The number of nitrogens with two attached hydrogens (primary N) is 1. The van der Waals surface area contributed by atoms with E-state index in [1.165, 1.54) is 7.11 Å². The van der Waals surface area contributed by atoms with E-state index in [9.17, 15) is 4.79 Å². The summed E-state index contributed by atoms with van der Waals surface area (Å²) in [5.41, 5.74) is 6.66. The Bertz CT molecular complexity index is 474. The number of carbonyl (C=O) groups is 1.